The van der Waals surface area contributed by atoms with Crippen LogP contribution in [0.4, 0.5) is 0 Å². The minimum absolute atomic E-state index is 0.0571. The fourth-order valence-electron chi connectivity index (χ4n) is 2.60. The summed E-state index contributed by atoms with van der Waals surface area (Å²) in [6.07, 6.45) is 1.24. The first-order valence-electron chi connectivity index (χ1n) is 7.99. The molecule has 23 heavy (non-hydrogen) atoms. The smallest absolute Gasteiger partial charge is 0.220 e. The van der Waals surface area contributed by atoms with Crippen LogP contribution in [-0.2, 0) is 11.2 Å². The van der Waals surface area contributed by atoms with Gasteiger partial charge in [0.1, 0.15) is 5.75 Å². The molecule has 0 saturated carbocycles. The molecule has 1 amide bonds. The van der Waals surface area contributed by atoms with Gasteiger partial charge in [0.2, 0.25) is 5.91 Å². The highest BCUT2D eigenvalue weighted by atomic mass is 16.5. The van der Waals surface area contributed by atoms with E-state index in [9.17, 15) is 4.79 Å². The van der Waals surface area contributed by atoms with E-state index in [4.69, 9.17) is 4.74 Å². The lowest BCUT2D eigenvalue weighted by atomic mass is 10.0. The molecule has 0 aliphatic heterocycles. The van der Waals surface area contributed by atoms with Gasteiger partial charge in [-0.15, -0.1) is 0 Å². The molecule has 2 aromatic rings. The second-order valence-corrected chi connectivity index (χ2v) is 6.02. The maximum Gasteiger partial charge on any atom is 0.220 e. The molecule has 1 atom stereocenters. The zero-order valence-corrected chi connectivity index (χ0v) is 14.3. The minimum atomic E-state index is -0.0737. The van der Waals surface area contributed by atoms with Crippen molar-refractivity contribution in [3.05, 3.63) is 64.7 Å². The van der Waals surface area contributed by atoms with Gasteiger partial charge in [0, 0.05) is 12.0 Å². The molecule has 0 bridgehead atoms. The van der Waals surface area contributed by atoms with Gasteiger partial charge in [0.05, 0.1) is 13.2 Å². The van der Waals surface area contributed by atoms with Crippen molar-refractivity contribution >= 4 is 5.91 Å². The number of amides is 1. The van der Waals surface area contributed by atoms with Crippen molar-refractivity contribution in [2.45, 2.75) is 39.7 Å². The first kappa shape index (κ1) is 17.1. The summed E-state index contributed by atoms with van der Waals surface area (Å²) < 4.78 is 5.39. The van der Waals surface area contributed by atoms with Crippen LogP contribution in [0.1, 0.15) is 41.6 Å². The predicted octanol–water partition coefficient (Wildman–Crippen LogP) is 4.12. The summed E-state index contributed by atoms with van der Waals surface area (Å²) in [5.74, 6) is 0.864. The third kappa shape index (κ3) is 4.85. The molecule has 3 nitrogen and oxygen atoms in total. The number of ether oxygens (including phenoxy) is 1. The van der Waals surface area contributed by atoms with Gasteiger partial charge < -0.3 is 10.1 Å². The van der Waals surface area contributed by atoms with Gasteiger partial charge in [-0.25, -0.2) is 0 Å². The van der Waals surface area contributed by atoms with Crippen LogP contribution < -0.4 is 10.1 Å². The fourth-order valence-corrected chi connectivity index (χ4v) is 2.60. The molecule has 0 radical (unpaired) electrons. The van der Waals surface area contributed by atoms with E-state index in [0.29, 0.717) is 6.42 Å². The van der Waals surface area contributed by atoms with Crippen molar-refractivity contribution < 1.29 is 9.53 Å². The minimum Gasteiger partial charge on any atom is -0.496 e. The lowest BCUT2D eigenvalue weighted by Gasteiger charge is -2.18. The number of nitrogens with one attached hydrogen (secondary N) is 1. The van der Waals surface area contributed by atoms with Crippen LogP contribution in [0.5, 0.6) is 5.75 Å². The number of benzene rings is 2. The Kier molecular flexibility index (Phi) is 5.80. The van der Waals surface area contributed by atoms with Crippen molar-refractivity contribution in [3.8, 4) is 5.75 Å². The van der Waals surface area contributed by atoms with Crippen molar-refractivity contribution in [1.29, 1.82) is 0 Å². The van der Waals surface area contributed by atoms with Gasteiger partial charge in [0.15, 0.2) is 0 Å². The van der Waals surface area contributed by atoms with Crippen molar-refractivity contribution in [1.82, 2.24) is 5.32 Å². The summed E-state index contributed by atoms with van der Waals surface area (Å²) in [6, 6.07) is 14.2. The van der Waals surface area contributed by atoms with Crippen LogP contribution in [0.2, 0.25) is 0 Å². The van der Waals surface area contributed by atoms with E-state index in [1.807, 2.05) is 26.0 Å². The monoisotopic (exact) mass is 311 g/mol. The first-order chi connectivity index (χ1) is 11.0. The van der Waals surface area contributed by atoms with Gasteiger partial charge in [-0.05, 0) is 38.8 Å². The van der Waals surface area contributed by atoms with E-state index in [2.05, 4.69) is 42.6 Å². The van der Waals surface area contributed by atoms with E-state index in [1.54, 1.807) is 7.11 Å². The second-order valence-electron chi connectivity index (χ2n) is 6.02. The molecule has 0 aliphatic carbocycles. The molecule has 2 rings (SSSR count). The summed E-state index contributed by atoms with van der Waals surface area (Å²) in [5.41, 5.74) is 4.59. The Bertz CT molecular complexity index is 662. The third-order valence-electron chi connectivity index (χ3n) is 3.99. The molecule has 0 saturated heterocycles. The average Bonchev–Trinajstić information content (AvgIpc) is 2.54. The highest BCUT2D eigenvalue weighted by Gasteiger charge is 2.14. The standard InChI is InChI=1S/C20H25NO2/c1-14-5-8-17(9-6-14)10-12-20(22)21-16(3)18-13-15(2)7-11-19(18)23-4/h5-9,11,13,16H,10,12H2,1-4H3,(H,21,22). The molecule has 0 aliphatic rings. The number of carbonyl (C=O) groups is 1. The predicted molar refractivity (Wildman–Crippen MR) is 93.8 cm³/mol. The van der Waals surface area contributed by atoms with Crippen LogP contribution in [0, 0.1) is 13.8 Å². The summed E-state index contributed by atoms with van der Waals surface area (Å²) in [7, 11) is 1.65. The van der Waals surface area contributed by atoms with Crippen molar-refractivity contribution in [2.24, 2.45) is 0 Å². The Morgan fingerprint density at radius 2 is 1.74 bits per heavy atom. The highest BCUT2D eigenvalue weighted by Crippen LogP contribution is 2.26. The fraction of sp³-hybridized carbons (Fsp3) is 0.350. The molecule has 122 valence electrons. The number of methoxy groups -OCH3 is 1. The van der Waals surface area contributed by atoms with Crippen LogP contribution in [0.3, 0.4) is 0 Å². The maximum atomic E-state index is 12.2. The largest absolute Gasteiger partial charge is 0.496 e. The van der Waals surface area contributed by atoms with Crippen molar-refractivity contribution in [3.63, 3.8) is 0 Å². The lowest BCUT2D eigenvalue weighted by molar-refractivity contribution is -0.121. The van der Waals surface area contributed by atoms with E-state index >= 15 is 0 Å². The number of carbonyl (C=O) groups excluding carboxylic acids is 1. The Morgan fingerprint density at radius 3 is 2.39 bits per heavy atom. The molecule has 2 aromatic carbocycles. The molecule has 0 aromatic heterocycles. The van der Waals surface area contributed by atoms with Crippen LogP contribution in [-0.4, -0.2) is 13.0 Å². The molecule has 1 N–H and O–H groups in total. The lowest BCUT2D eigenvalue weighted by Crippen LogP contribution is -2.27. The quantitative estimate of drug-likeness (QED) is 0.871. The first-order valence-corrected chi connectivity index (χ1v) is 7.99. The normalized spacial score (nSPS) is 11.8. The van der Waals surface area contributed by atoms with Gasteiger partial charge in [-0.2, -0.15) is 0 Å². The number of hydrogen-bond donors (Lipinski definition) is 1. The average molecular weight is 311 g/mol. The van der Waals surface area contributed by atoms with E-state index < -0.39 is 0 Å². The van der Waals surface area contributed by atoms with Crippen LogP contribution >= 0.6 is 0 Å². The maximum absolute atomic E-state index is 12.2. The Balaban J connectivity index is 1.94. The molecule has 0 spiro atoms. The van der Waals surface area contributed by atoms with E-state index in [-0.39, 0.29) is 11.9 Å². The topological polar surface area (TPSA) is 38.3 Å². The molecule has 0 fully saturated rings. The van der Waals surface area contributed by atoms with Gasteiger partial charge in [0.25, 0.3) is 0 Å². The number of aryl methyl sites for hydroxylation is 3. The molecule has 1 unspecified atom stereocenters. The Morgan fingerprint density at radius 1 is 1.09 bits per heavy atom. The SMILES string of the molecule is COc1ccc(C)cc1C(C)NC(=O)CCc1ccc(C)cc1. The summed E-state index contributed by atoms with van der Waals surface area (Å²) in [5, 5.41) is 3.06. The van der Waals surface area contributed by atoms with Gasteiger partial charge in [-0.1, -0.05) is 47.5 Å². The van der Waals surface area contributed by atoms with Crippen LogP contribution in [0.15, 0.2) is 42.5 Å². The molecule has 3 heteroatoms. The zero-order chi connectivity index (χ0) is 16.8. The van der Waals surface area contributed by atoms with E-state index in [1.165, 1.54) is 11.1 Å². The Labute approximate surface area is 138 Å². The number of hydrogen-bond acceptors (Lipinski definition) is 2. The van der Waals surface area contributed by atoms with Crippen molar-refractivity contribution in [2.75, 3.05) is 7.11 Å². The zero-order valence-electron chi connectivity index (χ0n) is 14.3. The summed E-state index contributed by atoms with van der Waals surface area (Å²) in [4.78, 5) is 12.2. The molecular weight excluding hydrogens is 286 g/mol. The van der Waals surface area contributed by atoms with Gasteiger partial charge >= 0.3 is 0 Å². The Hall–Kier alpha value is -2.29. The highest BCUT2D eigenvalue weighted by molar-refractivity contribution is 5.76. The number of rotatable bonds is 6. The third-order valence-corrected chi connectivity index (χ3v) is 3.99. The summed E-state index contributed by atoms with van der Waals surface area (Å²) in [6.45, 7) is 6.09. The molecular formula is C20H25NO2. The van der Waals surface area contributed by atoms with E-state index in [0.717, 1.165) is 23.3 Å². The summed E-state index contributed by atoms with van der Waals surface area (Å²) >= 11 is 0. The van der Waals surface area contributed by atoms with Crippen LogP contribution in [0.25, 0.3) is 0 Å². The molecule has 0 heterocycles. The van der Waals surface area contributed by atoms with Gasteiger partial charge in [-0.3, -0.25) is 4.79 Å². The second kappa shape index (κ2) is 7.82.